The lowest BCUT2D eigenvalue weighted by molar-refractivity contribution is 0.138. The molecule has 0 fully saturated rings. The third-order valence-electron chi connectivity index (χ3n) is 3.06. The predicted molar refractivity (Wildman–Crippen MR) is 67.4 cm³/mol. The normalized spacial score (nSPS) is 14.1. The van der Waals surface area contributed by atoms with Crippen LogP contribution in [0.3, 0.4) is 0 Å². The summed E-state index contributed by atoms with van der Waals surface area (Å²) in [6.45, 7) is 0.0684. The van der Waals surface area contributed by atoms with E-state index in [1.165, 1.54) is 6.07 Å². The van der Waals surface area contributed by atoms with Gasteiger partial charge in [0.2, 0.25) is 0 Å². The van der Waals surface area contributed by atoms with E-state index in [-0.39, 0.29) is 12.1 Å². The van der Waals surface area contributed by atoms with Crippen molar-refractivity contribution in [3.05, 3.63) is 65.5 Å². The van der Waals surface area contributed by atoms with Crippen LogP contribution in [0.1, 0.15) is 23.1 Å². The number of aliphatic hydroxyl groups is 1. The Kier molecular flexibility index (Phi) is 4.19. The van der Waals surface area contributed by atoms with Crippen LogP contribution >= 0.6 is 0 Å². The average molecular weight is 264 g/mol. The van der Waals surface area contributed by atoms with Crippen molar-refractivity contribution in [3.8, 4) is 0 Å². The molecule has 5 heteroatoms. The summed E-state index contributed by atoms with van der Waals surface area (Å²) in [7, 11) is 0. The maximum atomic E-state index is 13.7. The monoisotopic (exact) mass is 264 g/mol. The van der Waals surface area contributed by atoms with Gasteiger partial charge in [0.25, 0.3) is 0 Å². The van der Waals surface area contributed by atoms with Crippen LogP contribution in [0.15, 0.2) is 42.7 Å². The molecule has 2 unspecified atom stereocenters. The lowest BCUT2D eigenvalue weighted by Gasteiger charge is -2.22. The van der Waals surface area contributed by atoms with Crippen LogP contribution in [0, 0.1) is 11.6 Å². The summed E-state index contributed by atoms with van der Waals surface area (Å²) in [6, 6.07) is 6.81. The standard InChI is InChI=1S/C14H14F2N2O/c15-11-2-1-3-12(16)13(11)14(19)10(8-17)9-4-6-18-7-5-9/h1-7,10,14,19H,8,17H2. The number of nitrogens with zero attached hydrogens (tertiary/aromatic N) is 1. The van der Waals surface area contributed by atoms with Crippen LogP contribution in [-0.4, -0.2) is 16.6 Å². The van der Waals surface area contributed by atoms with Gasteiger partial charge in [-0.05, 0) is 29.8 Å². The number of hydrogen-bond acceptors (Lipinski definition) is 3. The quantitative estimate of drug-likeness (QED) is 0.889. The zero-order valence-corrected chi connectivity index (χ0v) is 10.1. The van der Waals surface area contributed by atoms with E-state index in [1.54, 1.807) is 24.5 Å². The number of nitrogens with two attached hydrogens (primary N) is 1. The van der Waals surface area contributed by atoms with Gasteiger partial charge in [-0.15, -0.1) is 0 Å². The first kappa shape index (κ1) is 13.6. The van der Waals surface area contributed by atoms with Crippen LogP contribution in [0.2, 0.25) is 0 Å². The average Bonchev–Trinajstić information content (AvgIpc) is 2.40. The van der Waals surface area contributed by atoms with E-state index in [1.807, 2.05) is 0 Å². The molecule has 2 rings (SSSR count). The van der Waals surface area contributed by atoms with E-state index >= 15 is 0 Å². The van der Waals surface area contributed by atoms with Crippen molar-refractivity contribution in [3.63, 3.8) is 0 Å². The Balaban J connectivity index is 2.39. The summed E-state index contributed by atoms with van der Waals surface area (Å²) in [5.41, 5.74) is 5.95. The first-order valence-electron chi connectivity index (χ1n) is 5.87. The highest BCUT2D eigenvalue weighted by atomic mass is 19.1. The Labute approximate surface area is 109 Å². The molecule has 3 nitrogen and oxygen atoms in total. The molecule has 19 heavy (non-hydrogen) atoms. The maximum absolute atomic E-state index is 13.7. The molecule has 0 radical (unpaired) electrons. The highest BCUT2D eigenvalue weighted by molar-refractivity contribution is 5.28. The van der Waals surface area contributed by atoms with Crippen molar-refractivity contribution in [2.45, 2.75) is 12.0 Å². The molecule has 0 aliphatic carbocycles. The second kappa shape index (κ2) is 5.86. The van der Waals surface area contributed by atoms with E-state index in [4.69, 9.17) is 5.73 Å². The van der Waals surface area contributed by atoms with Crippen molar-refractivity contribution < 1.29 is 13.9 Å². The maximum Gasteiger partial charge on any atom is 0.131 e. The summed E-state index contributed by atoms with van der Waals surface area (Å²) >= 11 is 0. The van der Waals surface area contributed by atoms with Crippen molar-refractivity contribution in [2.75, 3.05) is 6.54 Å². The van der Waals surface area contributed by atoms with Crippen molar-refractivity contribution in [1.29, 1.82) is 0 Å². The number of pyridine rings is 1. The largest absolute Gasteiger partial charge is 0.388 e. The van der Waals surface area contributed by atoms with Gasteiger partial charge in [-0.25, -0.2) is 8.78 Å². The minimum absolute atomic E-state index is 0.0684. The molecule has 100 valence electrons. The molecule has 0 aliphatic rings. The van der Waals surface area contributed by atoms with E-state index in [0.29, 0.717) is 5.56 Å². The molecular formula is C14H14F2N2O. The molecular weight excluding hydrogens is 250 g/mol. The molecule has 0 amide bonds. The Hall–Kier alpha value is -1.85. The Bertz CT molecular complexity index is 528. The van der Waals surface area contributed by atoms with Gasteiger partial charge in [-0.1, -0.05) is 6.07 Å². The molecule has 1 aromatic carbocycles. The molecule has 0 aliphatic heterocycles. The predicted octanol–water partition coefficient (Wildman–Crippen LogP) is 2.14. The SMILES string of the molecule is NCC(c1ccncc1)C(O)c1c(F)cccc1F. The fourth-order valence-electron chi connectivity index (χ4n) is 2.05. The minimum Gasteiger partial charge on any atom is -0.388 e. The number of aromatic nitrogens is 1. The molecule has 0 saturated carbocycles. The zero-order chi connectivity index (χ0) is 13.8. The molecule has 1 heterocycles. The summed E-state index contributed by atoms with van der Waals surface area (Å²) in [6.07, 6.45) is 1.75. The summed E-state index contributed by atoms with van der Waals surface area (Å²) in [5, 5.41) is 10.2. The third-order valence-corrected chi connectivity index (χ3v) is 3.06. The first-order valence-corrected chi connectivity index (χ1v) is 5.87. The smallest absolute Gasteiger partial charge is 0.131 e. The van der Waals surface area contributed by atoms with Gasteiger partial charge >= 0.3 is 0 Å². The van der Waals surface area contributed by atoms with Gasteiger partial charge in [0.05, 0.1) is 11.7 Å². The van der Waals surface area contributed by atoms with Crippen LogP contribution in [-0.2, 0) is 0 Å². The molecule has 0 spiro atoms. The highest BCUT2D eigenvalue weighted by Gasteiger charge is 2.26. The lowest BCUT2D eigenvalue weighted by atomic mass is 9.89. The number of aliphatic hydroxyl groups excluding tert-OH is 1. The topological polar surface area (TPSA) is 59.1 Å². The lowest BCUT2D eigenvalue weighted by Crippen LogP contribution is -2.21. The summed E-state index contributed by atoms with van der Waals surface area (Å²) in [4.78, 5) is 3.86. The summed E-state index contributed by atoms with van der Waals surface area (Å²) < 4.78 is 27.3. The van der Waals surface area contributed by atoms with Gasteiger partial charge in [0.1, 0.15) is 11.6 Å². The first-order chi connectivity index (χ1) is 9.15. The van der Waals surface area contributed by atoms with Crippen LogP contribution < -0.4 is 5.73 Å². The molecule has 0 bridgehead atoms. The molecule has 2 aromatic rings. The molecule has 1 aromatic heterocycles. The summed E-state index contributed by atoms with van der Waals surface area (Å²) in [5.74, 6) is -2.14. The Morgan fingerprint density at radius 2 is 1.68 bits per heavy atom. The van der Waals surface area contributed by atoms with Crippen LogP contribution in [0.4, 0.5) is 8.78 Å². The molecule has 2 atom stereocenters. The van der Waals surface area contributed by atoms with Crippen molar-refractivity contribution in [1.82, 2.24) is 4.98 Å². The fraction of sp³-hybridized carbons (Fsp3) is 0.214. The van der Waals surface area contributed by atoms with Crippen molar-refractivity contribution in [2.24, 2.45) is 5.73 Å². The van der Waals surface area contributed by atoms with Gasteiger partial charge in [0.15, 0.2) is 0 Å². The van der Waals surface area contributed by atoms with E-state index < -0.39 is 23.7 Å². The molecule has 0 saturated heterocycles. The number of halogens is 2. The van der Waals surface area contributed by atoms with Gasteiger partial charge in [-0.3, -0.25) is 4.98 Å². The van der Waals surface area contributed by atoms with Crippen molar-refractivity contribution >= 4 is 0 Å². The van der Waals surface area contributed by atoms with Crippen LogP contribution in [0.5, 0.6) is 0 Å². The minimum atomic E-state index is -1.34. The van der Waals surface area contributed by atoms with Gasteiger partial charge in [-0.2, -0.15) is 0 Å². The Morgan fingerprint density at radius 3 is 2.21 bits per heavy atom. The van der Waals surface area contributed by atoms with E-state index in [0.717, 1.165) is 12.1 Å². The second-order valence-corrected chi connectivity index (χ2v) is 4.20. The van der Waals surface area contributed by atoms with Gasteiger partial charge < -0.3 is 10.8 Å². The number of hydrogen-bond donors (Lipinski definition) is 2. The Morgan fingerprint density at radius 1 is 1.11 bits per heavy atom. The highest BCUT2D eigenvalue weighted by Crippen LogP contribution is 2.32. The zero-order valence-electron chi connectivity index (χ0n) is 10.1. The van der Waals surface area contributed by atoms with E-state index in [9.17, 15) is 13.9 Å². The number of rotatable bonds is 4. The number of benzene rings is 1. The fourth-order valence-corrected chi connectivity index (χ4v) is 2.05. The van der Waals surface area contributed by atoms with Crippen LogP contribution in [0.25, 0.3) is 0 Å². The van der Waals surface area contributed by atoms with E-state index in [2.05, 4.69) is 4.98 Å². The molecule has 3 N–H and O–H groups in total. The third kappa shape index (κ3) is 2.77. The van der Waals surface area contributed by atoms with Gasteiger partial charge in [0, 0.05) is 24.9 Å². The second-order valence-electron chi connectivity index (χ2n) is 4.20.